The van der Waals surface area contributed by atoms with Crippen molar-refractivity contribution < 1.29 is 9.84 Å². The smallest absolute Gasteiger partial charge is 0.220 e. The van der Waals surface area contributed by atoms with Crippen molar-refractivity contribution in [2.45, 2.75) is 37.4 Å². The molecule has 0 aliphatic carbocycles. The molecule has 1 aromatic heterocycles. The highest BCUT2D eigenvalue weighted by atomic mass is 16.5. The summed E-state index contributed by atoms with van der Waals surface area (Å²) >= 11 is 0. The normalized spacial score (nSPS) is 20.7. The largest absolute Gasteiger partial charge is 0.388 e. The number of hydrogen-bond donors (Lipinski definition) is 2. The van der Waals surface area contributed by atoms with Gasteiger partial charge in [0, 0.05) is 25.8 Å². The molecule has 3 N–H and O–H groups in total. The van der Waals surface area contributed by atoms with Gasteiger partial charge in [-0.1, -0.05) is 30.3 Å². The highest BCUT2D eigenvalue weighted by molar-refractivity contribution is 5.32. The van der Waals surface area contributed by atoms with E-state index in [4.69, 9.17) is 10.5 Å². The molecule has 0 amide bonds. The number of rotatable bonds is 4. The topological polar surface area (TPSA) is 84.5 Å². The summed E-state index contributed by atoms with van der Waals surface area (Å²) in [4.78, 5) is 11.1. The molecule has 0 saturated carbocycles. The summed E-state index contributed by atoms with van der Waals surface area (Å²) in [5.41, 5.74) is 8.63. The molecule has 1 aromatic carbocycles. The summed E-state index contributed by atoms with van der Waals surface area (Å²) < 4.78 is 6.21. The minimum absolute atomic E-state index is 0.320. The van der Waals surface area contributed by atoms with E-state index in [1.54, 1.807) is 0 Å². The van der Waals surface area contributed by atoms with Crippen LogP contribution in [0.5, 0.6) is 0 Å². The summed E-state index contributed by atoms with van der Waals surface area (Å²) in [6, 6.07) is 9.86. The van der Waals surface area contributed by atoms with E-state index in [1.165, 1.54) is 5.56 Å². The van der Waals surface area contributed by atoms with Gasteiger partial charge in [-0.15, -0.1) is 0 Å². The Balaban J connectivity index is 1.37. The fourth-order valence-electron chi connectivity index (χ4n) is 4.09. The molecule has 26 heavy (non-hydrogen) atoms. The van der Waals surface area contributed by atoms with Crippen LogP contribution in [0.4, 0.5) is 5.95 Å². The number of hydrogen-bond acceptors (Lipinski definition) is 6. The summed E-state index contributed by atoms with van der Waals surface area (Å²) in [5.74, 6) is 0.321. The summed E-state index contributed by atoms with van der Waals surface area (Å²) in [6.45, 7) is 3.47. The average Bonchev–Trinajstić information content (AvgIpc) is 2.69. The number of benzene rings is 1. The number of aliphatic hydroxyl groups excluding tert-OH is 1. The molecule has 2 aliphatic rings. The van der Waals surface area contributed by atoms with Crippen LogP contribution in [-0.4, -0.2) is 46.2 Å². The standard InChI is InChI=1S/C20H26N4O2/c21-19-22-14-16-7-13-26-20(18(16)23-19)8-11-24(12-9-20)10-6-17(25)15-4-2-1-3-5-15/h1-5,14,17,25H,6-13H2,(H2,21,22,23)/t17-/m1/s1. The number of nitrogens with two attached hydrogens (primary N) is 1. The SMILES string of the molecule is Nc1ncc2c(n1)C1(CCN(CC[C@@H](O)c3ccccc3)CC1)OCC2. The van der Waals surface area contributed by atoms with E-state index in [0.29, 0.717) is 12.6 Å². The third-order valence-electron chi connectivity index (χ3n) is 5.63. The molecule has 6 heteroatoms. The van der Waals surface area contributed by atoms with Gasteiger partial charge in [-0.25, -0.2) is 9.97 Å². The van der Waals surface area contributed by atoms with Crippen LogP contribution < -0.4 is 5.73 Å². The third-order valence-corrected chi connectivity index (χ3v) is 5.63. The Bertz CT molecular complexity index is 745. The summed E-state index contributed by atoms with van der Waals surface area (Å²) in [7, 11) is 0. The van der Waals surface area contributed by atoms with E-state index in [2.05, 4.69) is 14.9 Å². The first-order chi connectivity index (χ1) is 12.7. The third kappa shape index (κ3) is 3.45. The molecule has 0 radical (unpaired) electrons. The second-order valence-corrected chi connectivity index (χ2v) is 7.25. The second kappa shape index (κ2) is 7.31. The number of anilines is 1. The molecule has 2 aromatic rings. The molecule has 3 heterocycles. The molecule has 6 nitrogen and oxygen atoms in total. The van der Waals surface area contributed by atoms with Gasteiger partial charge in [0.2, 0.25) is 5.95 Å². The van der Waals surface area contributed by atoms with Gasteiger partial charge in [0.05, 0.1) is 18.4 Å². The monoisotopic (exact) mass is 354 g/mol. The van der Waals surface area contributed by atoms with Gasteiger partial charge in [0.1, 0.15) is 5.60 Å². The predicted molar refractivity (Wildman–Crippen MR) is 99.5 cm³/mol. The number of ether oxygens (including phenoxy) is 1. The van der Waals surface area contributed by atoms with E-state index in [9.17, 15) is 5.11 Å². The highest BCUT2D eigenvalue weighted by Crippen LogP contribution is 2.40. The Morgan fingerprint density at radius 1 is 1.23 bits per heavy atom. The van der Waals surface area contributed by atoms with Crippen molar-refractivity contribution in [3.63, 3.8) is 0 Å². The number of nitrogen functional groups attached to an aromatic ring is 1. The zero-order valence-corrected chi connectivity index (χ0v) is 15.0. The van der Waals surface area contributed by atoms with Gasteiger partial charge in [-0.3, -0.25) is 0 Å². The number of aromatic nitrogens is 2. The number of piperidine rings is 1. The van der Waals surface area contributed by atoms with Crippen molar-refractivity contribution in [1.29, 1.82) is 0 Å². The van der Waals surface area contributed by atoms with E-state index in [0.717, 1.165) is 56.6 Å². The predicted octanol–water partition coefficient (Wildman–Crippen LogP) is 2.05. The Hall–Kier alpha value is -2.02. The van der Waals surface area contributed by atoms with E-state index < -0.39 is 6.10 Å². The van der Waals surface area contributed by atoms with Gasteiger partial charge in [-0.2, -0.15) is 0 Å². The van der Waals surface area contributed by atoms with Crippen LogP contribution in [0.1, 0.15) is 42.2 Å². The van der Waals surface area contributed by atoms with Crippen LogP contribution in [0.15, 0.2) is 36.5 Å². The van der Waals surface area contributed by atoms with Crippen LogP contribution in [0.25, 0.3) is 0 Å². The quantitative estimate of drug-likeness (QED) is 0.874. The lowest BCUT2D eigenvalue weighted by Gasteiger charge is -2.44. The molecule has 138 valence electrons. The minimum Gasteiger partial charge on any atom is -0.388 e. The maximum Gasteiger partial charge on any atom is 0.220 e. The maximum absolute atomic E-state index is 10.4. The molecule has 0 bridgehead atoms. The number of fused-ring (bicyclic) bond motifs is 2. The molecule has 0 unspecified atom stereocenters. The van der Waals surface area contributed by atoms with Crippen LogP contribution in [0, 0.1) is 0 Å². The summed E-state index contributed by atoms with van der Waals surface area (Å²) in [5, 5.41) is 10.4. The average molecular weight is 354 g/mol. The van der Waals surface area contributed by atoms with Gasteiger partial charge in [0.25, 0.3) is 0 Å². The fourth-order valence-corrected chi connectivity index (χ4v) is 4.09. The van der Waals surface area contributed by atoms with Crippen LogP contribution in [0.3, 0.4) is 0 Å². The lowest BCUT2D eigenvalue weighted by atomic mass is 9.83. The Morgan fingerprint density at radius 2 is 2.00 bits per heavy atom. The first-order valence-electron chi connectivity index (χ1n) is 9.37. The molecule has 1 atom stereocenters. The first kappa shape index (κ1) is 17.4. The van der Waals surface area contributed by atoms with E-state index in [1.807, 2.05) is 36.5 Å². The van der Waals surface area contributed by atoms with Gasteiger partial charge < -0.3 is 20.5 Å². The number of likely N-dealkylation sites (tertiary alicyclic amines) is 1. The molecule has 1 fully saturated rings. The molecule has 1 saturated heterocycles. The van der Waals surface area contributed by atoms with Crippen LogP contribution >= 0.6 is 0 Å². The van der Waals surface area contributed by atoms with Crippen molar-refractivity contribution in [1.82, 2.24) is 14.9 Å². The van der Waals surface area contributed by atoms with Crippen molar-refractivity contribution in [2.24, 2.45) is 0 Å². The molecular formula is C20H26N4O2. The van der Waals surface area contributed by atoms with E-state index >= 15 is 0 Å². The molecular weight excluding hydrogens is 328 g/mol. The van der Waals surface area contributed by atoms with Crippen molar-refractivity contribution in [2.75, 3.05) is 32.0 Å². The van der Waals surface area contributed by atoms with Crippen molar-refractivity contribution in [3.8, 4) is 0 Å². The van der Waals surface area contributed by atoms with Crippen molar-refractivity contribution in [3.05, 3.63) is 53.3 Å². The van der Waals surface area contributed by atoms with Crippen LogP contribution in [-0.2, 0) is 16.8 Å². The molecule has 2 aliphatic heterocycles. The highest BCUT2D eigenvalue weighted by Gasteiger charge is 2.42. The first-order valence-corrected chi connectivity index (χ1v) is 9.37. The van der Waals surface area contributed by atoms with Crippen LogP contribution in [0.2, 0.25) is 0 Å². The lowest BCUT2D eigenvalue weighted by molar-refractivity contribution is -0.102. The zero-order chi connectivity index (χ0) is 18.0. The molecule has 1 spiro atoms. The zero-order valence-electron chi connectivity index (χ0n) is 15.0. The lowest BCUT2D eigenvalue weighted by Crippen LogP contribution is -2.47. The maximum atomic E-state index is 10.4. The Labute approximate surface area is 154 Å². The minimum atomic E-state index is -0.411. The fraction of sp³-hybridized carbons (Fsp3) is 0.500. The molecule has 4 rings (SSSR count). The van der Waals surface area contributed by atoms with Gasteiger partial charge >= 0.3 is 0 Å². The van der Waals surface area contributed by atoms with E-state index in [-0.39, 0.29) is 5.60 Å². The van der Waals surface area contributed by atoms with Gasteiger partial charge in [0.15, 0.2) is 0 Å². The van der Waals surface area contributed by atoms with Crippen molar-refractivity contribution >= 4 is 5.95 Å². The summed E-state index contributed by atoms with van der Waals surface area (Å²) in [6.07, 6.45) is 4.83. The Morgan fingerprint density at radius 3 is 2.77 bits per heavy atom. The second-order valence-electron chi connectivity index (χ2n) is 7.25. The number of nitrogens with zero attached hydrogens (tertiary/aromatic N) is 3. The number of aliphatic hydroxyl groups is 1. The van der Waals surface area contributed by atoms with Gasteiger partial charge in [-0.05, 0) is 36.8 Å². The Kier molecular flexibility index (Phi) is 4.89.